The Morgan fingerprint density at radius 2 is 1.50 bits per heavy atom. The van der Waals surface area contributed by atoms with E-state index in [0.29, 0.717) is 5.02 Å². The number of carbonyl (C=O) groups excluding carboxylic acids is 1. The molecule has 0 saturated carbocycles. The third-order valence-electron chi connectivity index (χ3n) is 4.66. The Morgan fingerprint density at radius 3 is 2.10 bits per heavy atom. The molecule has 0 aliphatic carbocycles. The molecule has 4 rings (SSSR count). The van der Waals surface area contributed by atoms with Crippen molar-refractivity contribution in [1.82, 2.24) is 9.99 Å². The van der Waals surface area contributed by atoms with Gasteiger partial charge in [0.15, 0.2) is 0 Å². The van der Waals surface area contributed by atoms with Crippen molar-refractivity contribution in [1.29, 1.82) is 0 Å². The number of aromatic nitrogens is 1. The molecule has 0 aliphatic heterocycles. The zero-order valence-corrected chi connectivity index (χ0v) is 17.2. The molecule has 4 aromatic rings. The monoisotopic (exact) mass is 413 g/mol. The summed E-state index contributed by atoms with van der Waals surface area (Å²) in [6.07, 6.45) is 1.68. The molecule has 0 aliphatic rings. The first kappa shape index (κ1) is 19.7. The molecule has 0 atom stereocenters. The highest BCUT2D eigenvalue weighted by Gasteiger charge is 2.18. The third kappa shape index (κ3) is 4.19. The predicted molar refractivity (Wildman–Crippen MR) is 123 cm³/mol. The Balaban J connectivity index is 2.00. The van der Waals surface area contributed by atoms with Crippen LogP contribution >= 0.6 is 11.6 Å². The van der Waals surface area contributed by atoms with Crippen LogP contribution in [0.5, 0.6) is 0 Å². The van der Waals surface area contributed by atoms with Crippen molar-refractivity contribution in [3.05, 3.63) is 102 Å². The van der Waals surface area contributed by atoms with Crippen molar-refractivity contribution in [3.63, 3.8) is 0 Å². The SMILES string of the molecule is CC(=O)N/N=C/c1cc(-c2ccccc2)n(-c2ccc(Cl)cc2)c1-c1ccccc1. The van der Waals surface area contributed by atoms with E-state index in [0.717, 1.165) is 33.8 Å². The van der Waals surface area contributed by atoms with Crippen LogP contribution in [-0.2, 0) is 4.79 Å². The first-order valence-corrected chi connectivity index (χ1v) is 9.93. The van der Waals surface area contributed by atoms with Crippen LogP contribution in [0.4, 0.5) is 0 Å². The van der Waals surface area contributed by atoms with Gasteiger partial charge in [0.1, 0.15) is 0 Å². The highest BCUT2D eigenvalue weighted by Crippen LogP contribution is 2.35. The van der Waals surface area contributed by atoms with E-state index in [1.165, 1.54) is 6.92 Å². The Kier molecular flexibility index (Phi) is 5.77. The summed E-state index contributed by atoms with van der Waals surface area (Å²) in [5.74, 6) is -0.215. The molecule has 4 nitrogen and oxygen atoms in total. The summed E-state index contributed by atoms with van der Waals surface area (Å²) >= 11 is 6.15. The second-order valence-electron chi connectivity index (χ2n) is 6.80. The van der Waals surface area contributed by atoms with Crippen LogP contribution in [0.2, 0.25) is 5.02 Å². The number of benzene rings is 3. The van der Waals surface area contributed by atoms with Gasteiger partial charge in [-0.25, -0.2) is 5.43 Å². The standard InChI is InChI=1S/C25H20ClN3O/c1-18(30)28-27-17-21-16-24(19-8-4-2-5-9-19)29(23-14-12-22(26)13-15-23)25(21)20-10-6-3-7-11-20/h2-17H,1H3,(H,28,30)/b27-17+. The maximum absolute atomic E-state index is 11.3. The van der Waals surface area contributed by atoms with Crippen molar-refractivity contribution in [2.75, 3.05) is 0 Å². The summed E-state index contributed by atoms with van der Waals surface area (Å²) in [6, 6.07) is 30.1. The van der Waals surface area contributed by atoms with Crippen LogP contribution in [0.15, 0.2) is 96.1 Å². The number of amides is 1. The van der Waals surface area contributed by atoms with E-state index in [2.05, 4.69) is 45.4 Å². The fraction of sp³-hybridized carbons (Fsp3) is 0.0400. The normalized spacial score (nSPS) is 11.0. The van der Waals surface area contributed by atoms with Gasteiger partial charge in [0.2, 0.25) is 5.91 Å². The van der Waals surface area contributed by atoms with E-state index >= 15 is 0 Å². The first-order valence-electron chi connectivity index (χ1n) is 9.55. The number of hydrogen-bond acceptors (Lipinski definition) is 2. The second kappa shape index (κ2) is 8.80. The Bertz CT molecular complexity index is 1180. The first-order chi connectivity index (χ1) is 14.6. The lowest BCUT2D eigenvalue weighted by molar-refractivity contribution is -0.118. The van der Waals surface area contributed by atoms with E-state index < -0.39 is 0 Å². The number of carbonyl (C=O) groups is 1. The zero-order valence-electron chi connectivity index (χ0n) is 16.4. The van der Waals surface area contributed by atoms with Crippen molar-refractivity contribution >= 4 is 23.7 Å². The average Bonchev–Trinajstić information content (AvgIpc) is 3.15. The van der Waals surface area contributed by atoms with Gasteiger partial charge in [-0.2, -0.15) is 5.10 Å². The van der Waals surface area contributed by atoms with Gasteiger partial charge < -0.3 is 4.57 Å². The Hall–Kier alpha value is -3.63. The molecule has 3 aromatic carbocycles. The lowest BCUT2D eigenvalue weighted by Gasteiger charge is -2.15. The maximum Gasteiger partial charge on any atom is 0.236 e. The summed E-state index contributed by atoms with van der Waals surface area (Å²) in [5.41, 5.74) is 8.47. The molecule has 148 valence electrons. The largest absolute Gasteiger partial charge is 0.309 e. The molecular formula is C25H20ClN3O. The topological polar surface area (TPSA) is 46.4 Å². The Labute approximate surface area is 180 Å². The number of halogens is 1. The van der Waals surface area contributed by atoms with Crippen LogP contribution in [0.3, 0.4) is 0 Å². The third-order valence-corrected chi connectivity index (χ3v) is 4.91. The molecular weight excluding hydrogens is 394 g/mol. The van der Waals surface area contributed by atoms with E-state index in [4.69, 9.17) is 11.6 Å². The maximum atomic E-state index is 11.3. The number of rotatable bonds is 5. The van der Waals surface area contributed by atoms with Crippen LogP contribution in [0, 0.1) is 0 Å². The summed E-state index contributed by atoms with van der Waals surface area (Å²) in [4.78, 5) is 11.3. The van der Waals surface area contributed by atoms with Gasteiger partial charge in [-0.15, -0.1) is 0 Å². The van der Waals surface area contributed by atoms with Gasteiger partial charge in [-0.1, -0.05) is 72.3 Å². The predicted octanol–water partition coefficient (Wildman–Crippen LogP) is 5.93. The van der Waals surface area contributed by atoms with Crippen LogP contribution in [0.1, 0.15) is 12.5 Å². The summed E-state index contributed by atoms with van der Waals surface area (Å²) in [5, 5.41) is 4.81. The van der Waals surface area contributed by atoms with Gasteiger partial charge in [0, 0.05) is 23.2 Å². The molecule has 0 bridgehead atoms. The number of hydrazone groups is 1. The van der Waals surface area contributed by atoms with E-state index in [-0.39, 0.29) is 5.91 Å². The van der Waals surface area contributed by atoms with Gasteiger partial charge in [0.25, 0.3) is 0 Å². The number of nitrogens with one attached hydrogen (secondary N) is 1. The smallest absolute Gasteiger partial charge is 0.236 e. The van der Waals surface area contributed by atoms with Crippen LogP contribution in [0.25, 0.3) is 28.2 Å². The van der Waals surface area contributed by atoms with Crippen LogP contribution < -0.4 is 5.43 Å². The molecule has 1 aromatic heterocycles. The van der Waals surface area contributed by atoms with Crippen molar-refractivity contribution in [2.45, 2.75) is 6.92 Å². The molecule has 0 radical (unpaired) electrons. The van der Waals surface area contributed by atoms with Crippen molar-refractivity contribution in [2.24, 2.45) is 5.10 Å². The highest BCUT2D eigenvalue weighted by molar-refractivity contribution is 6.30. The minimum atomic E-state index is -0.215. The van der Waals surface area contributed by atoms with Gasteiger partial charge in [0.05, 0.1) is 17.6 Å². The highest BCUT2D eigenvalue weighted by atomic mass is 35.5. The fourth-order valence-corrected chi connectivity index (χ4v) is 3.52. The molecule has 5 heteroatoms. The molecule has 0 unspecified atom stereocenters. The van der Waals surface area contributed by atoms with Gasteiger partial charge in [-0.3, -0.25) is 4.79 Å². The van der Waals surface area contributed by atoms with E-state index in [1.54, 1.807) is 6.21 Å². The zero-order chi connectivity index (χ0) is 20.9. The molecule has 1 N–H and O–H groups in total. The summed E-state index contributed by atoms with van der Waals surface area (Å²) in [6.45, 7) is 1.43. The molecule has 30 heavy (non-hydrogen) atoms. The lowest BCUT2D eigenvalue weighted by atomic mass is 10.1. The van der Waals surface area contributed by atoms with E-state index in [1.807, 2.05) is 60.7 Å². The van der Waals surface area contributed by atoms with Gasteiger partial charge in [-0.05, 0) is 41.5 Å². The minimum absolute atomic E-state index is 0.215. The Morgan fingerprint density at radius 1 is 0.900 bits per heavy atom. The van der Waals surface area contributed by atoms with Gasteiger partial charge >= 0.3 is 0 Å². The molecule has 0 spiro atoms. The molecule has 1 heterocycles. The number of nitrogens with zero attached hydrogens (tertiary/aromatic N) is 2. The van der Waals surface area contributed by atoms with E-state index in [9.17, 15) is 4.79 Å². The molecule has 0 saturated heterocycles. The van der Waals surface area contributed by atoms with Crippen LogP contribution in [-0.4, -0.2) is 16.7 Å². The molecule has 1 amide bonds. The fourth-order valence-electron chi connectivity index (χ4n) is 3.39. The lowest BCUT2D eigenvalue weighted by Crippen LogP contribution is -2.12. The summed E-state index contributed by atoms with van der Waals surface area (Å²) in [7, 11) is 0. The second-order valence-corrected chi connectivity index (χ2v) is 7.24. The summed E-state index contributed by atoms with van der Waals surface area (Å²) < 4.78 is 2.19. The molecule has 0 fully saturated rings. The number of hydrogen-bond donors (Lipinski definition) is 1. The van der Waals surface area contributed by atoms with Crippen molar-refractivity contribution in [3.8, 4) is 28.2 Å². The quantitative estimate of drug-likeness (QED) is 0.319. The minimum Gasteiger partial charge on any atom is -0.309 e. The average molecular weight is 414 g/mol. The van der Waals surface area contributed by atoms with Crippen molar-refractivity contribution < 1.29 is 4.79 Å².